The van der Waals surface area contributed by atoms with E-state index in [0.717, 1.165) is 0 Å². The average molecular weight is 225 g/mol. The zero-order valence-corrected chi connectivity index (χ0v) is 9.74. The highest BCUT2D eigenvalue weighted by Crippen LogP contribution is 2.34. The summed E-state index contributed by atoms with van der Waals surface area (Å²) in [5.74, 6) is -0.745. The Morgan fingerprint density at radius 2 is 2.25 bits per heavy atom. The van der Waals surface area contributed by atoms with Crippen molar-refractivity contribution in [2.24, 2.45) is 5.41 Å². The molecule has 0 spiro atoms. The Morgan fingerprint density at radius 3 is 2.69 bits per heavy atom. The Bertz CT molecular complexity index is 301. The normalized spacial score (nSPS) is 24.4. The molecule has 0 saturated carbocycles. The third-order valence-corrected chi connectivity index (χ3v) is 3.40. The van der Waals surface area contributed by atoms with Crippen molar-refractivity contribution < 1.29 is 14.7 Å². The summed E-state index contributed by atoms with van der Waals surface area (Å²) in [7, 11) is 0. The number of carboxylic acids is 1. The molecule has 90 valence electrons. The maximum Gasteiger partial charge on any atom is 0.311 e. The van der Waals surface area contributed by atoms with Gasteiger partial charge < -0.3 is 10.0 Å². The quantitative estimate of drug-likeness (QED) is 0.724. The fourth-order valence-electron chi connectivity index (χ4n) is 2.08. The van der Waals surface area contributed by atoms with Crippen LogP contribution in [-0.4, -0.2) is 35.0 Å². The van der Waals surface area contributed by atoms with Crippen molar-refractivity contribution in [2.45, 2.75) is 32.6 Å². The number of nitrogens with zero attached hydrogens (tertiary/aromatic N) is 1. The third kappa shape index (κ3) is 2.43. The zero-order chi connectivity index (χ0) is 12.2. The molecule has 0 aromatic rings. The topological polar surface area (TPSA) is 57.6 Å². The molecule has 1 aliphatic heterocycles. The number of hydrogen-bond donors (Lipinski definition) is 1. The van der Waals surface area contributed by atoms with E-state index in [1.165, 1.54) is 0 Å². The smallest absolute Gasteiger partial charge is 0.311 e. The molecule has 1 fully saturated rings. The Labute approximate surface area is 95.9 Å². The molecule has 1 amide bonds. The van der Waals surface area contributed by atoms with Crippen molar-refractivity contribution in [1.82, 2.24) is 4.90 Å². The van der Waals surface area contributed by atoms with Crippen molar-refractivity contribution in [1.29, 1.82) is 0 Å². The first-order valence-corrected chi connectivity index (χ1v) is 5.68. The summed E-state index contributed by atoms with van der Waals surface area (Å²) in [6, 6.07) is 0. The molecule has 0 aliphatic carbocycles. The molecule has 1 heterocycles. The van der Waals surface area contributed by atoms with E-state index in [9.17, 15) is 14.7 Å². The lowest BCUT2D eigenvalue weighted by atomic mass is 9.84. The first kappa shape index (κ1) is 12.7. The molecule has 1 N–H and O–H groups in total. The van der Waals surface area contributed by atoms with E-state index >= 15 is 0 Å². The summed E-state index contributed by atoms with van der Waals surface area (Å²) in [4.78, 5) is 24.6. The largest absolute Gasteiger partial charge is 0.481 e. The second-order valence-electron chi connectivity index (χ2n) is 4.33. The summed E-state index contributed by atoms with van der Waals surface area (Å²) in [6.07, 6.45) is 3.94. The SMILES string of the molecule is C=CCCC(=O)N1CCC(CC)(C(=O)O)C1. The number of aliphatic carboxylic acids is 1. The maximum absolute atomic E-state index is 11.7. The summed E-state index contributed by atoms with van der Waals surface area (Å²) in [5, 5.41) is 9.19. The Hall–Kier alpha value is -1.32. The molecule has 1 unspecified atom stereocenters. The van der Waals surface area contributed by atoms with Crippen LogP contribution in [0, 0.1) is 5.41 Å². The van der Waals surface area contributed by atoms with Crippen LogP contribution in [0.15, 0.2) is 12.7 Å². The fraction of sp³-hybridized carbons (Fsp3) is 0.667. The summed E-state index contributed by atoms with van der Waals surface area (Å²) >= 11 is 0. The number of likely N-dealkylation sites (tertiary alicyclic amines) is 1. The van der Waals surface area contributed by atoms with Crippen LogP contribution in [0.1, 0.15) is 32.6 Å². The minimum absolute atomic E-state index is 0.0384. The van der Waals surface area contributed by atoms with Crippen LogP contribution in [0.25, 0.3) is 0 Å². The first-order valence-electron chi connectivity index (χ1n) is 5.68. The molecule has 1 rings (SSSR count). The highest BCUT2D eigenvalue weighted by Gasteiger charge is 2.44. The number of carboxylic acid groups (broad SMARTS) is 1. The van der Waals surface area contributed by atoms with Crippen LogP contribution in [0.3, 0.4) is 0 Å². The van der Waals surface area contributed by atoms with E-state index in [2.05, 4.69) is 6.58 Å². The molecule has 16 heavy (non-hydrogen) atoms. The van der Waals surface area contributed by atoms with Crippen molar-refractivity contribution in [3.8, 4) is 0 Å². The van der Waals surface area contributed by atoms with Gasteiger partial charge >= 0.3 is 5.97 Å². The second kappa shape index (κ2) is 5.14. The zero-order valence-electron chi connectivity index (χ0n) is 9.74. The molecule has 1 aliphatic rings. The minimum atomic E-state index is -0.783. The molecule has 0 bridgehead atoms. The van der Waals surface area contributed by atoms with E-state index in [4.69, 9.17) is 0 Å². The molecule has 0 aromatic heterocycles. The van der Waals surface area contributed by atoms with E-state index in [-0.39, 0.29) is 5.91 Å². The highest BCUT2D eigenvalue weighted by atomic mass is 16.4. The van der Waals surface area contributed by atoms with Gasteiger partial charge in [-0.3, -0.25) is 9.59 Å². The van der Waals surface area contributed by atoms with Crippen molar-refractivity contribution in [3.05, 3.63) is 12.7 Å². The van der Waals surface area contributed by atoms with Crippen LogP contribution >= 0.6 is 0 Å². The van der Waals surface area contributed by atoms with Gasteiger partial charge in [-0.1, -0.05) is 13.0 Å². The highest BCUT2D eigenvalue weighted by molar-refractivity contribution is 5.80. The van der Waals surface area contributed by atoms with Gasteiger partial charge in [-0.05, 0) is 19.3 Å². The van der Waals surface area contributed by atoms with E-state index in [1.807, 2.05) is 6.92 Å². The number of hydrogen-bond acceptors (Lipinski definition) is 2. The van der Waals surface area contributed by atoms with Gasteiger partial charge in [0.05, 0.1) is 5.41 Å². The van der Waals surface area contributed by atoms with Gasteiger partial charge in [0, 0.05) is 19.5 Å². The van der Waals surface area contributed by atoms with Gasteiger partial charge in [-0.25, -0.2) is 0 Å². The average Bonchev–Trinajstić information content (AvgIpc) is 2.71. The lowest BCUT2D eigenvalue weighted by molar-refractivity contribution is -0.148. The predicted octanol–water partition coefficient (Wildman–Crippen LogP) is 1.67. The number of carbonyl (C=O) groups excluding carboxylic acids is 1. The number of amides is 1. The molecular weight excluding hydrogens is 206 g/mol. The van der Waals surface area contributed by atoms with Crippen LogP contribution in [0.4, 0.5) is 0 Å². The first-order chi connectivity index (χ1) is 7.55. The van der Waals surface area contributed by atoms with E-state index < -0.39 is 11.4 Å². The number of rotatable bonds is 5. The lowest BCUT2D eigenvalue weighted by Gasteiger charge is -2.22. The third-order valence-electron chi connectivity index (χ3n) is 3.40. The fourth-order valence-corrected chi connectivity index (χ4v) is 2.08. The molecule has 1 saturated heterocycles. The van der Waals surface area contributed by atoms with Gasteiger partial charge in [0.1, 0.15) is 0 Å². The van der Waals surface area contributed by atoms with Crippen LogP contribution in [0.5, 0.6) is 0 Å². The van der Waals surface area contributed by atoms with Crippen molar-refractivity contribution >= 4 is 11.9 Å². The molecule has 1 atom stereocenters. The maximum atomic E-state index is 11.7. The summed E-state index contributed by atoms with van der Waals surface area (Å²) in [5.41, 5.74) is -0.718. The monoisotopic (exact) mass is 225 g/mol. The van der Waals surface area contributed by atoms with Crippen LogP contribution in [0.2, 0.25) is 0 Å². The van der Waals surface area contributed by atoms with Crippen molar-refractivity contribution in [2.75, 3.05) is 13.1 Å². The van der Waals surface area contributed by atoms with Crippen LogP contribution < -0.4 is 0 Å². The van der Waals surface area contributed by atoms with Crippen molar-refractivity contribution in [3.63, 3.8) is 0 Å². The lowest BCUT2D eigenvalue weighted by Crippen LogP contribution is -2.36. The Balaban J connectivity index is 2.60. The molecule has 4 nitrogen and oxygen atoms in total. The summed E-state index contributed by atoms with van der Waals surface area (Å²) in [6.45, 7) is 6.36. The van der Waals surface area contributed by atoms with E-state index in [0.29, 0.717) is 38.8 Å². The Kier molecular flexibility index (Phi) is 4.10. The van der Waals surface area contributed by atoms with Gasteiger partial charge in [-0.2, -0.15) is 0 Å². The number of allylic oxidation sites excluding steroid dienone is 1. The van der Waals surface area contributed by atoms with Gasteiger partial charge in [0.25, 0.3) is 0 Å². The van der Waals surface area contributed by atoms with Crippen LogP contribution in [-0.2, 0) is 9.59 Å². The number of carbonyl (C=O) groups is 2. The predicted molar refractivity (Wildman–Crippen MR) is 61.0 cm³/mol. The minimum Gasteiger partial charge on any atom is -0.481 e. The molecule has 0 aromatic carbocycles. The Morgan fingerprint density at radius 1 is 1.56 bits per heavy atom. The second-order valence-corrected chi connectivity index (χ2v) is 4.33. The van der Waals surface area contributed by atoms with Gasteiger partial charge in [0.15, 0.2) is 0 Å². The molecular formula is C12H19NO3. The standard InChI is InChI=1S/C12H19NO3/c1-3-5-6-10(14)13-8-7-12(4-2,9-13)11(15)16/h3H,1,4-9H2,2H3,(H,15,16). The molecule has 4 heteroatoms. The van der Waals surface area contributed by atoms with E-state index in [1.54, 1.807) is 11.0 Å². The van der Waals surface area contributed by atoms with Gasteiger partial charge in [0.2, 0.25) is 5.91 Å². The molecule has 0 radical (unpaired) electrons. The summed E-state index contributed by atoms with van der Waals surface area (Å²) < 4.78 is 0. The van der Waals surface area contributed by atoms with Gasteiger partial charge in [-0.15, -0.1) is 6.58 Å².